The average molecular weight is 1360 g/mol. The van der Waals surface area contributed by atoms with Crippen LogP contribution >= 0.6 is 0 Å². The van der Waals surface area contributed by atoms with Crippen LogP contribution in [-0.4, -0.2) is 24.4 Å². The van der Waals surface area contributed by atoms with Crippen LogP contribution in [0.15, 0.2) is 230 Å². The molecular formula is C85H56F12N4. The third kappa shape index (κ3) is 9.59. The Balaban J connectivity index is 1.22. The van der Waals surface area contributed by atoms with E-state index in [1.807, 2.05) is 184 Å². The lowest BCUT2D eigenvalue weighted by atomic mass is 9.79. The smallest absolute Gasteiger partial charge is 0.307 e. The van der Waals surface area contributed by atoms with Crippen LogP contribution in [0.3, 0.4) is 0 Å². The van der Waals surface area contributed by atoms with Crippen molar-refractivity contribution in [1.29, 1.82) is 0 Å². The molecule has 0 fully saturated rings. The van der Waals surface area contributed by atoms with E-state index in [2.05, 4.69) is 6.08 Å². The molecule has 0 saturated carbocycles. The number of aromatic nitrogens is 4. The summed E-state index contributed by atoms with van der Waals surface area (Å²) in [5.74, 6) is -1.57. The van der Waals surface area contributed by atoms with Gasteiger partial charge in [-0.15, -0.1) is 0 Å². The van der Waals surface area contributed by atoms with Crippen molar-refractivity contribution in [2.75, 3.05) is 0 Å². The van der Waals surface area contributed by atoms with E-state index in [0.717, 1.165) is 70.1 Å². The van der Waals surface area contributed by atoms with Crippen LogP contribution in [-0.2, 0) is 37.8 Å². The summed E-state index contributed by atoms with van der Waals surface area (Å²) in [5.41, 5.74) is 5.16. The molecule has 14 aromatic rings. The van der Waals surface area contributed by atoms with Gasteiger partial charge in [-0.1, -0.05) is 152 Å². The number of fused-ring (bicyclic) bond motifs is 15. The Morgan fingerprint density at radius 1 is 0.366 bits per heavy atom. The molecule has 4 aliphatic carbocycles. The van der Waals surface area contributed by atoms with Crippen molar-refractivity contribution in [3.8, 4) is 33.9 Å². The second-order valence-corrected chi connectivity index (χ2v) is 26.7. The topological polar surface area (TPSA) is 19.7 Å². The van der Waals surface area contributed by atoms with Gasteiger partial charge in [-0.25, -0.2) is 0 Å². The van der Waals surface area contributed by atoms with E-state index in [4.69, 9.17) is 0 Å². The molecule has 0 bridgehead atoms. The molecule has 4 aromatic heterocycles. The van der Waals surface area contributed by atoms with Gasteiger partial charge in [0.05, 0.1) is 78.2 Å². The molecule has 16 heteroatoms. The first-order chi connectivity index (χ1) is 48.6. The molecule has 10 aromatic carbocycles. The zero-order valence-corrected chi connectivity index (χ0v) is 53.8. The van der Waals surface area contributed by atoms with E-state index in [1.54, 1.807) is 4.57 Å². The van der Waals surface area contributed by atoms with Gasteiger partial charge in [0.1, 0.15) is 0 Å². The van der Waals surface area contributed by atoms with E-state index in [0.29, 0.717) is 97.2 Å². The summed E-state index contributed by atoms with van der Waals surface area (Å²) < 4.78 is 201. The van der Waals surface area contributed by atoms with Gasteiger partial charge in [0.15, 0.2) is 0 Å². The molecule has 4 nitrogen and oxygen atoms in total. The van der Waals surface area contributed by atoms with Crippen LogP contribution < -0.4 is 0 Å². The van der Waals surface area contributed by atoms with Crippen LogP contribution in [0.25, 0.3) is 117 Å². The third-order valence-corrected chi connectivity index (χ3v) is 21.3. The maximum atomic E-state index is 16.1. The van der Waals surface area contributed by atoms with Crippen LogP contribution in [0.5, 0.6) is 0 Å². The number of para-hydroxylation sites is 5. The van der Waals surface area contributed by atoms with Crippen LogP contribution in [0.2, 0.25) is 0 Å². The van der Waals surface area contributed by atoms with Crippen molar-refractivity contribution >= 4 is 83.1 Å². The van der Waals surface area contributed by atoms with Crippen molar-refractivity contribution in [2.45, 2.75) is 82.5 Å². The molecule has 0 amide bonds. The quantitative estimate of drug-likeness (QED) is 0.135. The highest BCUT2D eigenvalue weighted by molar-refractivity contribution is 6.13. The predicted octanol–water partition coefficient (Wildman–Crippen LogP) is 24.6. The fourth-order valence-corrected chi connectivity index (χ4v) is 17.0. The molecule has 0 radical (unpaired) electrons. The first-order valence-corrected chi connectivity index (χ1v) is 33.5. The van der Waals surface area contributed by atoms with Gasteiger partial charge < -0.3 is 18.3 Å². The summed E-state index contributed by atoms with van der Waals surface area (Å²) in [4.78, 5) is 0. The molecule has 0 aliphatic heterocycles. The molecule has 500 valence electrons. The van der Waals surface area contributed by atoms with Gasteiger partial charge in [-0.2, -0.15) is 52.7 Å². The minimum Gasteiger partial charge on any atom is -0.307 e. The van der Waals surface area contributed by atoms with Crippen molar-refractivity contribution < 1.29 is 52.7 Å². The number of nitrogens with zero attached hydrogens (tertiary/aromatic N) is 4. The SMILES string of the molecule is CC1=C(c2ccccc2Cc2c(C3c4cc(C(F)(F)F)ccc4-c4ccc(C(F)(F)F)cc43)c(-n3c4c(c5ccccc53)CCC=C4)c(-n3c4ccccc4c4ccccc43)c(-n3c4c(c5ccc(C(F)(F)F)cc53)CCC(C(F)(F)F)=C4)c2-n2c3ccccc3c3ccccc32)CCC=C1. The highest BCUT2D eigenvalue weighted by Gasteiger charge is 2.46. The van der Waals surface area contributed by atoms with Gasteiger partial charge in [0.25, 0.3) is 0 Å². The van der Waals surface area contributed by atoms with Crippen molar-refractivity contribution in [2.24, 2.45) is 0 Å². The Kier molecular flexibility index (Phi) is 13.9. The Morgan fingerprint density at radius 3 is 1.37 bits per heavy atom. The summed E-state index contributed by atoms with van der Waals surface area (Å²) in [6.07, 6.45) is -9.43. The summed E-state index contributed by atoms with van der Waals surface area (Å²) in [7, 11) is 0. The monoisotopic (exact) mass is 1360 g/mol. The van der Waals surface area contributed by atoms with Gasteiger partial charge >= 0.3 is 24.7 Å². The average Bonchev–Trinajstić information content (AvgIpc) is 1.57. The summed E-state index contributed by atoms with van der Waals surface area (Å²) >= 11 is 0. The Bertz CT molecular complexity index is 5850. The Hall–Kier alpha value is -11.0. The van der Waals surface area contributed by atoms with Crippen LogP contribution in [0.1, 0.15) is 111 Å². The minimum absolute atomic E-state index is 0.0206. The molecule has 18 rings (SSSR count). The number of allylic oxidation sites excluding steroid dienone is 6. The number of hydrogen-bond acceptors (Lipinski definition) is 0. The molecule has 4 aliphatic rings. The second-order valence-electron chi connectivity index (χ2n) is 26.7. The number of halogens is 12. The maximum absolute atomic E-state index is 16.1. The molecular weight excluding hydrogens is 1300 g/mol. The maximum Gasteiger partial charge on any atom is 0.416 e. The largest absolute Gasteiger partial charge is 0.416 e. The molecule has 0 N–H and O–H groups in total. The number of rotatable bonds is 8. The molecule has 0 saturated heterocycles. The highest BCUT2D eigenvalue weighted by atomic mass is 19.4. The molecule has 4 heterocycles. The molecule has 0 spiro atoms. The van der Waals surface area contributed by atoms with E-state index in [9.17, 15) is 0 Å². The van der Waals surface area contributed by atoms with Crippen molar-refractivity contribution in [1.82, 2.24) is 18.3 Å². The summed E-state index contributed by atoms with van der Waals surface area (Å²) in [6, 6.07) is 55.1. The Morgan fingerprint density at radius 2 is 0.812 bits per heavy atom. The minimum atomic E-state index is -5.00. The highest BCUT2D eigenvalue weighted by Crippen LogP contribution is 2.59. The van der Waals surface area contributed by atoms with Gasteiger partial charge in [0, 0.05) is 55.9 Å². The van der Waals surface area contributed by atoms with E-state index in [1.165, 1.54) is 18.2 Å². The normalized spacial score (nSPS) is 15.1. The number of alkyl halides is 12. The number of benzene rings is 10. The number of aryl methyl sites for hydroxylation is 2. The van der Waals surface area contributed by atoms with Gasteiger partial charge in [0.2, 0.25) is 0 Å². The standard InChI is InChI=1S/C85H56F12N4/c1-47-18-2-4-20-53(47)54-21-5-3-19-48(54)42-67-77(76-65-43-49(82(86,87)88)34-38-55(65)56-39-35-50(44-66(56)76)83(89,90)91)79(99-70-30-14-8-24-59(70)60-25-9-15-31-71(60)99)81(100-72-32-16-10-26-61(72)62-27-11-17-33-73(62)100)80(78(67)98-68-28-12-6-22-57(68)58-23-7-13-29-69(58)98)101-74-45-51(84(92,93)94)36-40-63(74)64-41-37-52(46-75(64)101)85(95,96)97/h2-3,5-8,10-19,21-24,26-36,38-40,43-46,76H,4,9,20,25,37,41-42H2,1H3. The fourth-order valence-electron chi connectivity index (χ4n) is 17.0. The van der Waals surface area contributed by atoms with E-state index < -0.39 is 59.3 Å². The summed E-state index contributed by atoms with van der Waals surface area (Å²) in [6.45, 7) is 2.00. The van der Waals surface area contributed by atoms with E-state index >= 15 is 52.7 Å². The third-order valence-electron chi connectivity index (χ3n) is 21.3. The van der Waals surface area contributed by atoms with Crippen molar-refractivity contribution in [3.63, 3.8) is 0 Å². The lowest BCUT2D eigenvalue weighted by Gasteiger charge is -2.34. The lowest BCUT2D eigenvalue weighted by Crippen LogP contribution is -2.23. The zero-order chi connectivity index (χ0) is 69.3. The first-order valence-electron chi connectivity index (χ1n) is 33.5. The fraction of sp³-hybridized carbons (Fsp3) is 0.153. The summed E-state index contributed by atoms with van der Waals surface area (Å²) in [5, 5.41) is 3.74. The molecule has 101 heavy (non-hydrogen) atoms. The molecule has 0 atom stereocenters. The molecule has 0 unspecified atom stereocenters. The van der Waals surface area contributed by atoms with Gasteiger partial charge in [-0.05, 0) is 191 Å². The zero-order valence-electron chi connectivity index (χ0n) is 53.8. The van der Waals surface area contributed by atoms with E-state index in [-0.39, 0.29) is 80.0 Å². The Labute approximate surface area is 569 Å². The number of hydrogen-bond donors (Lipinski definition) is 0. The van der Waals surface area contributed by atoms with Crippen LogP contribution in [0, 0.1) is 0 Å². The van der Waals surface area contributed by atoms with Crippen molar-refractivity contribution in [3.05, 3.63) is 302 Å². The van der Waals surface area contributed by atoms with Crippen LogP contribution in [0.4, 0.5) is 52.7 Å². The first kappa shape index (κ1) is 62.3. The predicted molar refractivity (Wildman–Crippen MR) is 377 cm³/mol. The van der Waals surface area contributed by atoms with Gasteiger partial charge in [-0.3, -0.25) is 0 Å². The second kappa shape index (κ2) is 22.5. The lowest BCUT2D eigenvalue weighted by molar-refractivity contribution is -0.138.